The van der Waals surface area contributed by atoms with Gasteiger partial charge in [-0.2, -0.15) is 4.98 Å². The topological polar surface area (TPSA) is 228 Å². The quantitative estimate of drug-likeness (QED) is 0.186. The number of urea groups is 1. The van der Waals surface area contributed by atoms with Gasteiger partial charge in [-0.3, -0.25) is 33.8 Å². The fourth-order valence-corrected chi connectivity index (χ4v) is 10.8. The van der Waals surface area contributed by atoms with E-state index in [1.54, 1.807) is 24.0 Å². The highest BCUT2D eigenvalue weighted by Gasteiger charge is 2.50. The van der Waals surface area contributed by atoms with E-state index in [2.05, 4.69) is 37.4 Å². The number of piperidine rings is 3. The third-order valence-corrected chi connectivity index (χ3v) is 14.5. The first kappa shape index (κ1) is 45.5. The number of rotatable bonds is 13. The smallest absolute Gasteiger partial charge is 0.329 e. The molecule has 0 bridgehead atoms. The summed E-state index contributed by atoms with van der Waals surface area (Å²) in [7, 11) is 3.00. The normalized spacial score (nSPS) is 23.4. The predicted molar refractivity (Wildman–Crippen MR) is 245 cm³/mol. The molecule has 7 heterocycles. The van der Waals surface area contributed by atoms with Crippen LogP contribution in [0.25, 0.3) is 0 Å². The number of fused-ring (bicyclic) bond motifs is 1. The van der Waals surface area contributed by atoms with E-state index in [4.69, 9.17) is 15.5 Å². The fraction of sp³-hybridized carbons (Fsp3) is 0.532. The second-order valence-electron chi connectivity index (χ2n) is 18.5. The van der Waals surface area contributed by atoms with Crippen LogP contribution < -0.4 is 20.9 Å². The number of anilines is 4. The van der Waals surface area contributed by atoms with Crippen molar-refractivity contribution in [3.8, 4) is 0 Å². The van der Waals surface area contributed by atoms with Crippen LogP contribution in [0.1, 0.15) is 101 Å². The standard InChI is InChI=1S/C47H58N12O8/c1-4-36(45(65)67-3)58-38(60)14-13-37(44(58)64)59-42(62)34-12-11-32(24-35(34)43(59)63)55-21-15-28(26-55)25-54-19-16-30(17-20-54)29-7-9-31(10-8-29)49-41-39(40(48)61)51-52-46(50-41)56-18-5-6-33(27-56)57-23-22-53(2)47(57)66/h7-12,24,28,30,33,36-37H,4-6,13-23,25-27H2,1-3H3,(H2,48,61)(H,49,50,52). The number of nitrogens with two attached hydrogens (primary N) is 1. The number of ether oxygens (including phenoxy) is 1. The average molecular weight is 919 g/mol. The van der Waals surface area contributed by atoms with Crippen LogP contribution in [0, 0.1) is 5.92 Å². The van der Waals surface area contributed by atoms with E-state index < -0.39 is 47.6 Å². The van der Waals surface area contributed by atoms with Crippen molar-refractivity contribution in [3.05, 3.63) is 64.8 Å². The number of imide groups is 2. The second kappa shape index (κ2) is 18.9. The van der Waals surface area contributed by atoms with E-state index in [0.717, 1.165) is 86.0 Å². The zero-order valence-corrected chi connectivity index (χ0v) is 38.3. The van der Waals surface area contributed by atoms with Crippen molar-refractivity contribution < 1.29 is 38.3 Å². The highest BCUT2D eigenvalue weighted by Crippen LogP contribution is 2.36. The number of carbonyl (C=O) groups is 7. The van der Waals surface area contributed by atoms with Crippen LogP contribution in [0.3, 0.4) is 0 Å². The lowest BCUT2D eigenvalue weighted by molar-refractivity contribution is -0.164. The van der Waals surface area contributed by atoms with Gasteiger partial charge in [-0.25, -0.2) is 9.59 Å². The van der Waals surface area contributed by atoms with Gasteiger partial charge in [-0.05, 0) is 106 Å². The summed E-state index contributed by atoms with van der Waals surface area (Å²) in [6.45, 7) is 8.83. The molecule has 2 aromatic carbocycles. The summed E-state index contributed by atoms with van der Waals surface area (Å²) in [6.07, 6.45) is 4.83. The summed E-state index contributed by atoms with van der Waals surface area (Å²) in [4.78, 5) is 108. The SMILES string of the molecule is CCC(C(=O)OC)N1C(=O)CCC(N2C(=O)c3ccc(N4CCC(CN5CCC(c6ccc(Nc7nc(N8CCCC(N9CCN(C)C9=O)C8)nnc7C(N)=O)cc6)CC5)C4)cc3C2=O)C1=O. The number of amides is 7. The molecule has 0 spiro atoms. The van der Waals surface area contributed by atoms with Gasteiger partial charge in [0.25, 0.3) is 23.6 Å². The Bertz CT molecular complexity index is 2460. The van der Waals surface area contributed by atoms with Gasteiger partial charge < -0.3 is 40.3 Å². The first-order chi connectivity index (χ1) is 32.3. The van der Waals surface area contributed by atoms with Gasteiger partial charge in [0.15, 0.2) is 11.5 Å². The van der Waals surface area contributed by atoms with Crippen LogP contribution in [0.15, 0.2) is 42.5 Å². The molecule has 4 unspecified atom stereocenters. The minimum Gasteiger partial charge on any atom is -0.467 e. The van der Waals surface area contributed by atoms with Crippen LogP contribution in [0.4, 0.5) is 27.9 Å². The number of likely N-dealkylation sites (tertiary alicyclic amines) is 2. The molecule has 20 heteroatoms. The van der Waals surface area contributed by atoms with Gasteiger partial charge in [0.05, 0.1) is 24.3 Å². The molecule has 5 fully saturated rings. The van der Waals surface area contributed by atoms with Crippen LogP contribution in [0.2, 0.25) is 0 Å². The van der Waals surface area contributed by atoms with Gasteiger partial charge in [-0.15, -0.1) is 10.2 Å². The number of aromatic nitrogens is 3. The number of benzene rings is 2. The first-order valence-electron chi connectivity index (χ1n) is 23.4. The Hall–Kier alpha value is -6.70. The molecule has 67 heavy (non-hydrogen) atoms. The van der Waals surface area contributed by atoms with Crippen LogP contribution in [-0.2, 0) is 19.1 Å². The molecule has 0 saturated carbocycles. The molecule has 0 aliphatic carbocycles. The van der Waals surface area contributed by atoms with Crippen LogP contribution in [-0.4, -0.2) is 172 Å². The number of carbonyl (C=O) groups excluding carboxylic acids is 7. The molecule has 4 atom stereocenters. The maximum Gasteiger partial charge on any atom is 0.329 e. The molecule has 354 valence electrons. The van der Waals surface area contributed by atoms with Gasteiger partial charge in [0, 0.05) is 70.7 Å². The number of methoxy groups -OCH3 is 1. The Morgan fingerprint density at radius 3 is 2.31 bits per heavy atom. The van der Waals surface area contributed by atoms with Crippen LogP contribution in [0.5, 0.6) is 0 Å². The maximum absolute atomic E-state index is 13.8. The van der Waals surface area contributed by atoms with Gasteiger partial charge in [0.1, 0.15) is 12.1 Å². The number of esters is 1. The van der Waals surface area contributed by atoms with Crippen molar-refractivity contribution in [3.63, 3.8) is 0 Å². The fourth-order valence-electron chi connectivity index (χ4n) is 10.8. The number of likely N-dealkylation sites (N-methyl/N-ethyl adjacent to an activating group) is 1. The summed E-state index contributed by atoms with van der Waals surface area (Å²) in [5.74, 6) is -2.47. The Balaban J connectivity index is 0.771. The minimum absolute atomic E-state index is 0.00629. The minimum atomic E-state index is -1.19. The molecule has 3 N–H and O–H groups in total. The Morgan fingerprint density at radius 2 is 1.61 bits per heavy atom. The van der Waals surface area contributed by atoms with Crippen molar-refractivity contribution in [1.29, 1.82) is 0 Å². The summed E-state index contributed by atoms with van der Waals surface area (Å²) in [5.41, 5.74) is 8.91. The zero-order chi connectivity index (χ0) is 47.1. The maximum atomic E-state index is 13.8. The molecule has 6 aliphatic rings. The molecule has 3 aromatic rings. The Morgan fingerprint density at radius 1 is 0.851 bits per heavy atom. The molecule has 5 saturated heterocycles. The van der Waals surface area contributed by atoms with Gasteiger partial charge in [0.2, 0.25) is 11.9 Å². The summed E-state index contributed by atoms with van der Waals surface area (Å²) < 4.78 is 4.83. The lowest BCUT2D eigenvalue weighted by Gasteiger charge is -2.37. The average Bonchev–Trinajstić information content (AvgIpc) is 4.02. The number of primary amides is 1. The number of nitrogens with one attached hydrogen (secondary N) is 1. The molecule has 0 radical (unpaired) electrons. The van der Waals surface area contributed by atoms with E-state index in [1.165, 1.54) is 12.7 Å². The van der Waals surface area contributed by atoms with Gasteiger partial charge >= 0.3 is 12.0 Å². The molecule has 1 aromatic heterocycles. The van der Waals surface area contributed by atoms with E-state index in [-0.39, 0.29) is 54.0 Å². The molecule has 9 rings (SSSR count). The molecule has 20 nitrogen and oxygen atoms in total. The Kier molecular flexibility index (Phi) is 12.8. The Labute approximate surface area is 388 Å². The number of nitrogens with zero attached hydrogens (tertiary/aromatic N) is 10. The van der Waals surface area contributed by atoms with Crippen molar-refractivity contribution in [2.75, 3.05) is 88.2 Å². The highest BCUT2D eigenvalue weighted by atomic mass is 16.5. The number of hydrogen-bond acceptors (Lipinski definition) is 15. The van der Waals surface area contributed by atoms with Crippen molar-refractivity contribution in [1.82, 2.24) is 39.7 Å². The summed E-state index contributed by atoms with van der Waals surface area (Å²) in [6, 6.07) is 11.2. The predicted octanol–water partition coefficient (Wildman–Crippen LogP) is 2.82. The van der Waals surface area contributed by atoms with Gasteiger partial charge in [-0.1, -0.05) is 19.1 Å². The lowest BCUT2D eigenvalue weighted by Crippen LogP contribution is -2.60. The molecule has 7 amide bonds. The summed E-state index contributed by atoms with van der Waals surface area (Å²) in [5, 5.41) is 11.7. The number of hydrogen-bond donors (Lipinski definition) is 2. The molecule has 6 aliphatic heterocycles. The van der Waals surface area contributed by atoms with Crippen LogP contribution >= 0.6 is 0 Å². The second-order valence-corrected chi connectivity index (χ2v) is 18.5. The lowest BCUT2D eigenvalue weighted by atomic mass is 9.89. The monoisotopic (exact) mass is 918 g/mol. The van der Waals surface area contributed by atoms with Crippen molar-refractivity contribution >= 4 is 64.7 Å². The highest BCUT2D eigenvalue weighted by molar-refractivity contribution is 6.24. The summed E-state index contributed by atoms with van der Waals surface area (Å²) >= 11 is 0. The van der Waals surface area contributed by atoms with Crippen molar-refractivity contribution in [2.24, 2.45) is 11.7 Å². The van der Waals surface area contributed by atoms with E-state index in [9.17, 15) is 33.6 Å². The van der Waals surface area contributed by atoms with Crippen molar-refractivity contribution in [2.45, 2.75) is 82.3 Å². The third-order valence-electron chi connectivity index (χ3n) is 14.5. The zero-order valence-electron chi connectivity index (χ0n) is 38.3. The van der Waals surface area contributed by atoms with E-state index in [1.807, 2.05) is 35.0 Å². The largest absolute Gasteiger partial charge is 0.467 e. The van der Waals surface area contributed by atoms with E-state index >= 15 is 0 Å². The third kappa shape index (κ3) is 8.85. The van der Waals surface area contributed by atoms with E-state index in [0.29, 0.717) is 44.0 Å². The first-order valence-corrected chi connectivity index (χ1v) is 23.4. The molecular formula is C47H58N12O8. The molecular weight excluding hydrogens is 861 g/mol.